The first-order valence-electron chi connectivity index (χ1n) is 8.05. The summed E-state index contributed by atoms with van der Waals surface area (Å²) in [5, 5.41) is 3.01. The van der Waals surface area contributed by atoms with Crippen LogP contribution >= 0.6 is 15.9 Å². The van der Waals surface area contributed by atoms with Crippen molar-refractivity contribution in [1.29, 1.82) is 0 Å². The second-order valence-electron chi connectivity index (χ2n) is 5.94. The molecule has 1 N–H and O–H groups in total. The van der Waals surface area contributed by atoms with Gasteiger partial charge in [0.1, 0.15) is 6.61 Å². The fraction of sp³-hybridized carbons (Fsp3) is 0.316. The van der Waals surface area contributed by atoms with Gasteiger partial charge in [0.15, 0.2) is 11.5 Å². The van der Waals surface area contributed by atoms with E-state index in [0.717, 1.165) is 17.3 Å². The molecule has 0 saturated heterocycles. The summed E-state index contributed by atoms with van der Waals surface area (Å²) in [6, 6.07) is 15.7. The average Bonchev–Trinajstić information content (AvgIpc) is 2.61. The van der Waals surface area contributed by atoms with E-state index >= 15 is 0 Å². The molecule has 3 rings (SSSR count). The van der Waals surface area contributed by atoms with Gasteiger partial charge in [-0.15, -0.1) is 0 Å². The van der Waals surface area contributed by atoms with Crippen molar-refractivity contribution in [1.82, 2.24) is 5.32 Å². The van der Waals surface area contributed by atoms with Gasteiger partial charge in [0, 0.05) is 10.5 Å². The molecular formula is C19H20BrNO3. The van der Waals surface area contributed by atoms with E-state index in [2.05, 4.69) is 33.4 Å². The molecule has 0 radical (unpaired) electrons. The molecular weight excluding hydrogens is 370 g/mol. The second-order valence-corrected chi connectivity index (χ2v) is 6.85. The van der Waals surface area contributed by atoms with Crippen LogP contribution in [0.15, 0.2) is 53.0 Å². The molecule has 24 heavy (non-hydrogen) atoms. The van der Waals surface area contributed by atoms with E-state index in [1.807, 2.05) is 43.3 Å². The normalized spacial score (nSPS) is 17.2. The summed E-state index contributed by atoms with van der Waals surface area (Å²) in [6.45, 7) is 2.25. The molecule has 2 atom stereocenters. The fourth-order valence-corrected chi connectivity index (χ4v) is 2.86. The molecule has 1 heterocycles. The van der Waals surface area contributed by atoms with Crippen molar-refractivity contribution in [2.24, 2.45) is 0 Å². The van der Waals surface area contributed by atoms with Crippen LogP contribution in [0.5, 0.6) is 11.5 Å². The number of ether oxygens (including phenoxy) is 2. The Bertz CT molecular complexity index is 702. The summed E-state index contributed by atoms with van der Waals surface area (Å²) in [6.07, 6.45) is 1.19. The first kappa shape index (κ1) is 16.8. The Morgan fingerprint density at radius 1 is 1.21 bits per heavy atom. The van der Waals surface area contributed by atoms with Gasteiger partial charge >= 0.3 is 0 Å². The highest BCUT2D eigenvalue weighted by molar-refractivity contribution is 9.10. The van der Waals surface area contributed by atoms with Crippen molar-refractivity contribution >= 4 is 21.8 Å². The smallest absolute Gasteiger partial charge is 0.264 e. The number of nitrogens with one attached hydrogen (secondary N) is 1. The molecule has 2 aromatic carbocycles. The maximum absolute atomic E-state index is 12.4. The molecule has 0 saturated carbocycles. The van der Waals surface area contributed by atoms with Crippen LogP contribution in [0.3, 0.4) is 0 Å². The molecule has 0 spiro atoms. The van der Waals surface area contributed by atoms with E-state index < -0.39 is 6.10 Å². The van der Waals surface area contributed by atoms with E-state index in [9.17, 15) is 4.79 Å². The number of amides is 1. The van der Waals surface area contributed by atoms with Crippen LogP contribution in [0.4, 0.5) is 0 Å². The van der Waals surface area contributed by atoms with E-state index in [1.54, 1.807) is 0 Å². The first-order valence-corrected chi connectivity index (χ1v) is 8.84. The van der Waals surface area contributed by atoms with Gasteiger partial charge in [0.05, 0.1) is 0 Å². The Labute approximate surface area is 150 Å². The molecule has 0 aromatic heterocycles. The number of para-hydroxylation sites is 2. The quantitative estimate of drug-likeness (QED) is 0.847. The minimum Gasteiger partial charge on any atom is -0.485 e. The standard InChI is InChI=1S/C19H20BrNO3/c1-13(6-7-14-8-10-15(20)11-9-14)21-19(22)18-12-23-16-4-2-3-5-17(16)24-18/h2-5,8-11,13,18H,6-7,12H2,1H3,(H,21,22)/t13-,18+/m1/s1. The monoisotopic (exact) mass is 389 g/mol. The number of halogens is 1. The topological polar surface area (TPSA) is 47.6 Å². The van der Waals surface area contributed by atoms with Crippen molar-refractivity contribution in [3.63, 3.8) is 0 Å². The summed E-state index contributed by atoms with van der Waals surface area (Å²) in [5.41, 5.74) is 1.26. The largest absolute Gasteiger partial charge is 0.485 e. The van der Waals surface area contributed by atoms with Crippen LogP contribution < -0.4 is 14.8 Å². The summed E-state index contributed by atoms with van der Waals surface area (Å²) >= 11 is 3.43. The predicted octanol–water partition coefficient (Wildman–Crippen LogP) is 3.73. The molecule has 1 aliphatic rings. The Balaban J connectivity index is 1.49. The summed E-state index contributed by atoms with van der Waals surface area (Å²) in [7, 11) is 0. The molecule has 0 unspecified atom stereocenters. The number of fused-ring (bicyclic) bond motifs is 1. The predicted molar refractivity (Wildman–Crippen MR) is 96.4 cm³/mol. The fourth-order valence-electron chi connectivity index (χ4n) is 2.59. The molecule has 0 aliphatic carbocycles. The molecule has 5 heteroatoms. The molecule has 0 bridgehead atoms. The van der Waals surface area contributed by atoms with Crippen LogP contribution in [-0.4, -0.2) is 24.7 Å². The van der Waals surface area contributed by atoms with E-state index in [0.29, 0.717) is 11.5 Å². The molecule has 0 fully saturated rings. The molecule has 126 valence electrons. The van der Waals surface area contributed by atoms with Gasteiger partial charge in [0.2, 0.25) is 6.10 Å². The van der Waals surface area contributed by atoms with Crippen LogP contribution in [0, 0.1) is 0 Å². The van der Waals surface area contributed by atoms with E-state index in [4.69, 9.17) is 9.47 Å². The van der Waals surface area contributed by atoms with Gasteiger partial charge in [-0.2, -0.15) is 0 Å². The van der Waals surface area contributed by atoms with Gasteiger partial charge < -0.3 is 14.8 Å². The summed E-state index contributed by atoms with van der Waals surface area (Å²) in [4.78, 5) is 12.4. The zero-order valence-electron chi connectivity index (χ0n) is 13.5. The third kappa shape index (κ3) is 4.29. The highest BCUT2D eigenvalue weighted by Crippen LogP contribution is 2.30. The Kier molecular flexibility index (Phi) is 5.41. The number of carbonyl (C=O) groups excluding carboxylic acids is 1. The SMILES string of the molecule is C[C@H](CCc1ccc(Br)cc1)NC(=O)[C@@H]1COc2ccccc2O1. The van der Waals surface area contributed by atoms with Crippen molar-refractivity contribution in [2.75, 3.05) is 6.61 Å². The number of benzene rings is 2. The van der Waals surface area contributed by atoms with E-state index in [-0.39, 0.29) is 18.6 Å². The van der Waals surface area contributed by atoms with Crippen LogP contribution in [0.25, 0.3) is 0 Å². The minimum atomic E-state index is -0.602. The van der Waals surface area contributed by atoms with Gasteiger partial charge in [-0.3, -0.25) is 4.79 Å². The van der Waals surface area contributed by atoms with Gasteiger partial charge in [-0.25, -0.2) is 0 Å². The van der Waals surface area contributed by atoms with Gasteiger partial charge in [-0.1, -0.05) is 40.2 Å². The molecule has 1 aliphatic heterocycles. The lowest BCUT2D eigenvalue weighted by atomic mass is 10.1. The zero-order valence-corrected chi connectivity index (χ0v) is 15.1. The highest BCUT2D eigenvalue weighted by Gasteiger charge is 2.27. The lowest BCUT2D eigenvalue weighted by Gasteiger charge is -2.26. The molecule has 4 nitrogen and oxygen atoms in total. The third-order valence-corrected chi connectivity index (χ3v) is 4.50. The number of hydrogen-bond acceptors (Lipinski definition) is 3. The van der Waals surface area contributed by atoms with Crippen LogP contribution in [0.1, 0.15) is 18.9 Å². The average molecular weight is 390 g/mol. The van der Waals surface area contributed by atoms with Crippen LogP contribution in [0.2, 0.25) is 0 Å². The van der Waals surface area contributed by atoms with Crippen molar-refractivity contribution < 1.29 is 14.3 Å². The second kappa shape index (κ2) is 7.71. The first-order chi connectivity index (χ1) is 11.6. The van der Waals surface area contributed by atoms with Crippen molar-refractivity contribution in [3.05, 3.63) is 58.6 Å². The van der Waals surface area contributed by atoms with Crippen molar-refractivity contribution in [3.8, 4) is 11.5 Å². The Hall–Kier alpha value is -2.01. The van der Waals surface area contributed by atoms with Gasteiger partial charge in [-0.05, 0) is 49.6 Å². The number of hydrogen-bond donors (Lipinski definition) is 1. The Morgan fingerprint density at radius 3 is 2.67 bits per heavy atom. The molecule has 2 aromatic rings. The highest BCUT2D eigenvalue weighted by atomic mass is 79.9. The van der Waals surface area contributed by atoms with Gasteiger partial charge in [0.25, 0.3) is 5.91 Å². The molecule has 1 amide bonds. The Morgan fingerprint density at radius 2 is 1.92 bits per heavy atom. The maximum atomic E-state index is 12.4. The number of aryl methyl sites for hydroxylation is 1. The number of carbonyl (C=O) groups is 1. The third-order valence-electron chi connectivity index (χ3n) is 3.97. The summed E-state index contributed by atoms with van der Waals surface area (Å²) in [5.74, 6) is 1.17. The zero-order chi connectivity index (χ0) is 16.9. The van der Waals surface area contributed by atoms with E-state index in [1.165, 1.54) is 5.56 Å². The lowest BCUT2D eigenvalue weighted by Crippen LogP contribution is -2.47. The minimum absolute atomic E-state index is 0.0712. The maximum Gasteiger partial charge on any atom is 0.264 e. The van der Waals surface area contributed by atoms with Crippen molar-refractivity contribution in [2.45, 2.75) is 31.9 Å². The van der Waals surface area contributed by atoms with Crippen LogP contribution in [-0.2, 0) is 11.2 Å². The number of rotatable bonds is 5. The summed E-state index contributed by atoms with van der Waals surface area (Å²) < 4.78 is 12.4. The lowest BCUT2D eigenvalue weighted by molar-refractivity contribution is -0.131.